The molecule has 2 aromatic rings. The van der Waals surface area contributed by atoms with Crippen LogP contribution < -0.4 is 5.32 Å². The fourth-order valence-electron chi connectivity index (χ4n) is 2.82. The van der Waals surface area contributed by atoms with Gasteiger partial charge in [-0.05, 0) is 54.7 Å². The van der Waals surface area contributed by atoms with Crippen LogP contribution >= 0.6 is 0 Å². The quantitative estimate of drug-likeness (QED) is 0.499. The molecule has 0 bridgehead atoms. The van der Waals surface area contributed by atoms with Gasteiger partial charge < -0.3 is 10.3 Å². The van der Waals surface area contributed by atoms with E-state index in [0.29, 0.717) is 6.54 Å². The number of aromatic nitrogens is 1. The SMILES string of the molecule is C#CCNC(=C)c1cc(C(=C)C(C(=C)c2ccc(C)cc2)=C(C)C)c[nH]1. The highest BCUT2D eigenvalue weighted by Gasteiger charge is 2.15. The van der Waals surface area contributed by atoms with Crippen molar-refractivity contribution in [1.29, 1.82) is 0 Å². The molecule has 1 aromatic carbocycles. The summed E-state index contributed by atoms with van der Waals surface area (Å²) in [6.45, 7) is 19.3. The number of rotatable bonds is 7. The lowest BCUT2D eigenvalue weighted by Crippen LogP contribution is -2.11. The Bertz CT molecular complexity index is 908. The molecule has 0 saturated heterocycles. The third kappa shape index (κ3) is 4.26. The van der Waals surface area contributed by atoms with Crippen LogP contribution in [0.4, 0.5) is 0 Å². The van der Waals surface area contributed by atoms with Crippen molar-refractivity contribution in [1.82, 2.24) is 10.3 Å². The van der Waals surface area contributed by atoms with Crippen LogP contribution in [0.5, 0.6) is 0 Å². The van der Waals surface area contributed by atoms with E-state index >= 15 is 0 Å². The van der Waals surface area contributed by atoms with Crippen molar-refractivity contribution in [2.75, 3.05) is 6.54 Å². The maximum absolute atomic E-state index is 5.29. The number of H-pyrrole nitrogens is 1. The molecular formula is C24H26N2. The van der Waals surface area contributed by atoms with Crippen LogP contribution in [0, 0.1) is 19.3 Å². The minimum atomic E-state index is 0.442. The summed E-state index contributed by atoms with van der Waals surface area (Å²) in [4.78, 5) is 3.23. The topological polar surface area (TPSA) is 27.8 Å². The molecule has 2 rings (SSSR count). The second-order valence-electron chi connectivity index (χ2n) is 6.54. The molecule has 0 atom stereocenters. The molecule has 0 aliphatic rings. The molecular weight excluding hydrogens is 316 g/mol. The lowest BCUT2D eigenvalue weighted by molar-refractivity contribution is 1.02. The van der Waals surface area contributed by atoms with E-state index < -0.39 is 0 Å². The summed E-state index contributed by atoms with van der Waals surface area (Å²) >= 11 is 0. The second kappa shape index (κ2) is 8.27. The van der Waals surface area contributed by atoms with E-state index in [9.17, 15) is 0 Å². The van der Waals surface area contributed by atoms with Crippen molar-refractivity contribution in [3.8, 4) is 12.3 Å². The highest BCUT2D eigenvalue weighted by molar-refractivity contribution is 5.97. The average Bonchev–Trinajstić information content (AvgIpc) is 3.10. The molecule has 2 N–H and O–H groups in total. The van der Waals surface area contributed by atoms with Crippen LogP contribution in [0.1, 0.15) is 36.2 Å². The Balaban J connectivity index is 2.30. The van der Waals surface area contributed by atoms with Crippen LogP contribution in [-0.2, 0) is 0 Å². The van der Waals surface area contributed by atoms with E-state index in [1.807, 2.05) is 12.3 Å². The van der Waals surface area contributed by atoms with Gasteiger partial charge in [0.25, 0.3) is 0 Å². The van der Waals surface area contributed by atoms with E-state index in [0.717, 1.165) is 39.2 Å². The lowest BCUT2D eigenvalue weighted by atomic mass is 9.88. The van der Waals surface area contributed by atoms with Gasteiger partial charge in [0.1, 0.15) is 0 Å². The molecule has 0 fully saturated rings. The first-order valence-electron chi connectivity index (χ1n) is 8.53. The van der Waals surface area contributed by atoms with Gasteiger partial charge >= 0.3 is 0 Å². The summed E-state index contributed by atoms with van der Waals surface area (Å²) in [5, 5.41) is 3.09. The molecule has 0 saturated carbocycles. The van der Waals surface area contributed by atoms with Crippen LogP contribution in [0.15, 0.2) is 67.4 Å². The zero-order chi connectivity index (χ0) is 19.3. The Morgan fingerprint density at radius 3 is 2.27 bits per heavy atom. The molecule has 2 nitrogen and oxygen atoms in total. The van der Waals surface area contributed by atoms with Gasteiger partial charge in [0, 0.05) is 6.20 Å². The average molecular weight is 342 g/mol. The van der Waals surface area contributed by atoms with Crippen molar-refractivity contribution in [3.63, 3.8) is 0 Å². The van der Waals surface area contributed by atoms with Crippen LogP contribution in [0.2, 0.25) is 0 Å². The van der Waals surface area contributed by atoms with Crippen LogP contribution in [0.3, 0.4) is 0 Å². The third-order valence-electron chi connectivity index (χ3n) is 4.26. The van der Waals surface area contributed by atoms with Gasteiger partial charge in [-0.2, -0.15) is 0 Å². The molecule has 26 heavy (non-hydrogen) atoms. The number of nitrogens with one attached hydrogen (secondary N) is 2. The van der Waals surface area contributed by atoms with Crippen molar-refractivity contribution < 1.29 is 0 Å². The summed E-state index contributed by atoms with van der Waals surface area (Å²) < 4.78 is 0. The summed E-state index contributed by atoms with van der Waals surface area (Å²) in [5.74, 6) is 2.55. The molecule has 0 spiro atoms. The van der Waals surface area contributed by atoms with Gasteiger partial charge in [-0.15, -0.1) is 6.42 Å². The molecule has 0 unspecified atom stereocenters. The Morgan fingerprint density at radius 2 is 1.69 bits per heavy atom. The highest BCUT2D eigenvalue weighted by Crippen LogP contribution is 2.35. The van der Waals surface area contributed by atoms with Crippen LogP contribution in [0.25, 0.3) is 16.8 Å². The standard InChI is InChI=1S/C24H26N2/c1-8-13-25-20(7)23-14-22(15-26-23)19(6)24(16(2)3)18(5)21-11-9-17(4)10-12-21/h1,9-12,14-15,25-26H,5-7,13H2,2-4H3. The van der Waals surface area contributed by atoms with Crippen molar-refractivity contribution >= 4 is 16.8 Å². The molecule has 0 aliphatic carbocycles. The first-order valence-corrected chi connectivity index (χ1v) is 8.53. The molecule has 132 valence electrons. The van der Waals surface area contributed by atoms with Crippen molar-refractivity contribution in [2.24, 2.45) is 0 Å². The third-order valence-corrected chi connectivity index (χ3v) is 4.26. The van der Waals surface area contributed by atoms with Gasteiger partial charge in [-0.3, -0.25) is 0 Å². The minimum Gasteiger partial charge on any atom is -0.373 e. The zero-order valence-electron chi connectivity index (χ0n) is 15.9. The molecule has 1 heterocycles. The monoisotopic (exact) mass is 342 g/mol. The summed E-state index contributed by atoms with van der Waals surface area (Å²) in [6.07, 6.45) is 7.22. The predicted octanol–water partition coefficient (Wildman–Crippen LogP) is 5.58. The lowest BCUT2D eigenvalue weighted by Gasteiger charge is -2.16. The van der Waals surface area contributed by atoms with E-state index in [1.54, 1.807) is 0 Å². The van der Waals surface area contributed by atoms with Gasteiger partial charge in [0.2, 0.25) is 0 Å². The number of hydrogen-bond donors (Lipinski definition) is 2. The number of aryl methyl sites for hydroxylation is 1. The Kier molecular flexibility index (Phi) is 6.09. The highest BCUT2D eigenvalue weighted by atomic mass is 14.9. The van der Waals surface area contributed by atoms with E-state index in [1.165, 1.54) is 11.1 Å². The number of benzene rings is 1. The van der Waals surface area contributed by atoms with Crippen LogP contribution in [-0.4, -0.2) is 11.5 Å². The van der Waals surface area contributed by atoms with E-state index in [4.69, 9.17) is 6.42 Å². The molecule has 0 amide bonds. The Hall–Kier alpha value is -3.18. The predicted molar refractivity (Wildman–Crippen MR) is 114 cm³/mol. The number of aromatic amines is 1. The first kappa shape index (κ1) is 19.1. The van der Waals surface area contributed by atoms with Crippen molar-refractivity contribution in [2.45, 2.75) is 20.8 Å². The summed E-state index contributed by atoms with van der Waals surface area (Å²) in [6, 6.07) is 10.4. The molecule has 0 radical (unpaired) electrons. The van der Waals surface area contributed by atoms with Gasteiger partial charge in [-0.25, -0.2) is 0 Å². The summed E-state index contributed by atoms with van der Waals surface area (Å²) in [5.41, 5.74) is 9.15. The smallest absolute Gasteiger partial charge is 0.0763 e. The van der Waals surface area contributed by atoms with Crippen molar-refractivity contribution in [3.05, 3.63) is 89.8 Å². The van der Waals surface area contributed by atoms with Gasteiger partial charge in [-0.1, -0.05) is 61.1 Å². The normalized spacial score (nSPS) is 9.92. The second-order valence-corrected chi connectivity index (χ2v) is 6.54. The fourth-order valence-corrected chi connectivity index (χ4v) is 2.82. The Labute approximate surface area is 157 Å². The summed E-state index contributed by atoms with van der Waals surface area (Å²) in [7, 11) is 0. The Morgan fingerprint density at radius 1 is 1.08 bits per heavy atom. The maximum Gasteiger partial charge on any atom is 0.0763 e. The van der Waals surface area contributed by atoms with Gasteiger partial charge in [0.05, 0.1) is 17.9 Å². The van der Waals surface area contributed by atoms with E-state index in [-0.39, 0.29) is 0 Å². The molecule has 2 heteroatoms. The molecule has 0 aliphatic heterocycles. The number of allylic oxidation sites excluding steroid dienone is 4. The largest absolute Gasteiger partial charge is 0.373 e. The number of hydrogen-bond acceptors (Lipinski definition) is 1. The zero-order valence-corrected chi connectivity index (χ0v) is 15.9. The minimum absolute atomic E-state index is 0.442. The maximum atomic E-state index is 5.29. The molecule has 1 aromatic heterocycles. The van der Waals surface area contributed by atoms with Gasteiger partial charge in [0.15, 0.2) is 0 Å². The number of terminal acetylenes is 1. The first-order chi connectivity index (χ1) is 12.3. The fraction of sp³-hybridized carbons (Fsp3) is 0.167. The van der Waals surface area contributed by atoms with E-state index in [2.05, 4.69) is 81.0 Å².